The van der Waals surface area contributed by atoms with Crippen LogP contribution in [0.1, 0.15) is 23.0 Å². The van der Waals surface area contributed by atoms with Crippen LogP contribution < -0.4 is 18.9 Å². The smallest absolute Gasteiger partial charge is 0.310 e. The molecule has 0 radical (unpaired) electrons. The number of rotatable bonds is 8. The zero-order valence-corrected chi connectivity index (χ0v) is 19.0. The second-order valence-electron chi connectivity index (χ2n) is 7.38. The van der Waals surface area contributed by atoms with Gasteiger partial charge < -0.3 is 28.4 Å². The molecule has 0 unspecified atom stereocenters. The molecule has 4 atom stereocenters. The summed E-state index contributed by atoms with van der Waals surface area (Å²) in [6.07, 6.45) is 0. The quantitative estimate of drug-likeness (QED) is 0.574. The lowest BCUT2D eigenvalue weighted by atomic mass is 9.52. The Morgan fingerprint density at radius 2 is 0.906 bits per heavy atom. The van der Waals surface area contributed by atoms with Crippen LogP contribution in [0.15, 0.2) is 36.4 Å². The molecule has 0 amide bonds. The van der Waals surface area contributed by atoms with Crippen molar-refractivity contribution in [1.82, 2.24) is 0 Å². The van der Waals surface area contributed by atoms with Gasteiger partial charge in [0.1, 0.15) is 0 Å². The van der Waals surface area contributed by atoms with Crippen LogP contribution >= 0.6 is 0 Å². The number of ether oxygens (including phenoxy) is 6. The van der Waals surface area contributed by atoms with Gasteiger partial charge in [-0.25, -0.2) is 0 Å². The van der Waals surface area contributed by atoms with E-state index in [2.05, 4.69) is 0 Å². The summed E-state index contributed by atoms with van der Waals surface area (Å²) in [6, 6.07) is 10.9. The number of benzene rings is 2. The third kappa shape index (κ3) is 3.92. The Hall–Kier alpha value is -3.42. The van der Waals surface area contributed by atoms with Gasteiger partial charge in [0, 0.05) is 11.8 Å². The zero-order valence-electron chi connectivity index (χ0n) is 19.0. The van der Waals surface area contributed by atoms with Crippen molar-refractivity contribution in [2.75, 3.05) is 42.7 Å². The van der Waals surface area contributed by atoms with Crippen molar-refractivity contribution in [1.29, 1.82) is 0 Å². The highest BCUT2D eigenvalue weighted by Crippen LogP contribution is 2.59. The first-order valence-corrected chi connectivity index (χ1v) is 10.0. The third-order valence-corrected chi connectivity index (χ3v) is 6.08. The minimum Gasteiger partial charge on any atom is -0.493 e. The topological polar surface area (TPSA) is 89.5 Å². The average Bonchev–Trinajstić information content (AvgIpc) is 2.82. The van der Waals surface area contributed by atoms with Crippen molar-refractivity contribution in [2.45, 2.75) is 11.8 Å². The maximum atomic E-state index is 12.8. The molecule has 172 valence electrons. The minimum absolute atomic E-state index is 0.357. The Labute approximate surface area is 187 Å². The first-order valence-electron chi connectivity index (χ1n) is 10.0. The Morgan fingerprint density at radius 1 is 0.562 bits per heavy atom. The van der Waals surface area contributed by atoms with Gasteiger partial charge in [-0.3, -0.25) is 9.59 Å². The fourth-order valence-electron chi connectivity index (χ4n) is 4.56. The molecular formula is C24H28O8. The number of methoxy groups -OCH3 is 6. The molecular weight excluding hydrogens is 416 g/mol. The van der Waals surface area contributed by atoms with Gasteiger partial charge >= 0.3 is 11.9 Å². The van der Waals surface area contributed by atoms with E-state index in [1.54, 1.807) is 40.6 Å². The second kappa shape index (κ2) is 9.80. The maximum Gasteiger partial charge on any atom is 0.310 e. The predicted octanol–water partition coefficient (Wildman–Crippen LogP) is 3.18. The van der Waals surface area contributed by atoms with E-state index in [9.17, 15) is 9.59 Å². The number of esters is 2. The van der Waals surface area contributed by atoms with Crippen molar-refractivity contribution < 1.29 is 38.0 Å². The van der Waals surface area contributed by atoms with Crippen LogP contribution in [0.5, 0.6) is 23.0 Å². The van der Waals surface area contributed by atoms with Gasteiger partial charge in [-0.1, -0.05) is 12.1 Å². The molecule has 32 heavy (non-hydrogen) atoms. The molecule has 1 aliphatic rings. The molecule has 3 rings (SSSR count). The summed E-state index contributed by atoms with van der Waals surface area (Å²) >= 11 is 0. The molecule has 0 bridgehead atoms. The summed E-state index contributed by atoms with van der Waals surface area (Å²) in [5.41, 5.74) is 1.64. The average molecular weight is 444 g/mol. The largest absolute Gasteiger partial charge is 0.493 e. The van der Waals surface area contributed by atoms with E-state index in [0.717, 1.165) is 11.1 Å². The maximum absolute atomic E-state index is 12.8. The van der Waals surface area contributed by atoms with E-state index < -0.39 is 23.8 Å². The van der Waals surface area contributed by atoms with Crippen LogP contribution in [0.4, 0.5) is 0 Å². The highest BCUT2D eigenvalue weighted by atomic mass is 16.5. The molecule has 2 aromatic carbocycles. The molecule has 1 saturated carbocycles. The second-order valence-corrected chi connectivity index (χ2v) is 7.38. The van der Waals surface area contributed by atoms with E-state index in [0.29, 0.717) is 23.0 Å². The molecule has 8 heteroatoms. The van der Waals surface area contributed by atoms with Crippen LogP contribution in [0.3, 0.4) is 0 Å². The van der Waals surface area contributed by atoms with E-state index in [4.69, 9.17) is 28.4 Å². The van der Waals surface area contributed by atoms with Crippen molar-refractivity contribution >= 4 is 11.9 Å². The van der Waals surface area contributed by atoms with E-state index in [1.807, 2.05) is 24.3 Å². The lowest BCUT2D eigenvalue weighted by molar-refractivity contribution is -0.168. The molecule has 0 aromatic heterocycles. The summed E-state index contributed by atoms with van der Waals surface area (Å²) in [5, 5.41) is 0. The molecule has 8 nitrogen and oxygen atoms in total. The molecule has 0 N–H and O–H groups in total. The first kappa shape index (κ1) is 23.2. The van der Waals surface area contributed by atoms with Gasteiger partial charge in [0.25, 0.3) is 0 Å². The molecule has 0 saturated heterocycles. The Balaban J connectivity index is 2.16. The van der Waals surface area contributed by atoms with Crippen LogP contribution in [-0.2, 0) is 19.1 Å². The van der Waals surface area contributed by atoms with Crippen molar-refractivity contribution in [3.63, 3.8) is 0 Å². The summed E-state index contributed by atoms with van der Waals surface area (Å²) in [5.74, 6) is -0.910. The number of hydrogen-bond acceptors (Lipinski definition) is 8. The van der Waals surface area contributed by atoms with Crippen LogP contribution in [0, 0.1) is 11.8 Å². The first-order chi connectivity index (χ1) is 15.4. The summed E-state index contributed by atoms with van der Waals surface area (Å²) in [7, 11) is 8.82. The van der Waals surface area contributed by atoms with E-state index in [1.165, 1.54) is 14.2 Å². The Morgan fingerprint density at radius 3 is 1.19 bits per heavy atom. The highest BCUT2D eigenvalue weighted by Gasteiger charge is 2.59. The SMILES string of the molecule is COC(=O)[C@@H]1[C@@H](C(=O)OC)[C@@H](c2ccc(OC)c(OC)c2)[C@@H]1c1ccc(OC)c(OC)c1. The fraction of sp³-hybridized carbons (Fsp3) is 0.417. The molecule has 0 heterocycles. The van der Waals surface area contributed by atoms with Crippen molar-refractivity contribution in [2.24, 2.45) is 11.8 Å². The Kier molecular flexibility index (Phi) is 7.12. The lowest BCUT2D eigenvalue weighted by Gasteiger charge is -2.49. The van der Waals surface area contributed by atoms with E-state index in [-0.39, 0.29) is 11.8 Å². The molecule has 1 aliphatic carbocycles. The number of hydrogen-bond donors (Lipinski definition) is 0. The standard InChI is InChI=1S/C24H28O8/c1-27-15-9-7-13(11-17(15)29-3)19-20(14-8-10-16(28-2)18(12-14)30-4)22(24(26)32-6)21(19)23(25)31-5/h7-12,19-22H,1-6H3/t19-,20-,21-,22-/m0/s1. The van der Waals surface area contributed by atoms with Crippen molar-refractivity contribution in [3.05, 3.63) is 47.5 Å². The fourth-order valence-corrected chi connectivity index (χ4v) is 4.56. The van der Waals surface area contributed by atoms with Crippen LogP contribution in [-0.4, -0.2) is 54.6 Å². The molecule has 1 fully saturated rings. The van der Waals surface area contributed by atoms with Gasteiger partial charge in [0.15, 0.2) is 23.0 Å². The summed E-state index contributed by atoms with van der Waals surface area (Å²) < 4.78 is 31.7. The number of carbonyl (C=O) groups is 2. The third-order valence-electron chi connectivity index (χ3n) is 6.08. The highest BCUT2D eigenvalue weighted by molar-refractivity contribution is 5.87. The van der Waals surface area contributed by atoms with Gasteiger partial charge in [0.05, 0.1) is 54.5 Å². The molecule has 0 spiro atoms. The monoisotopic (exact) mass is 444 g/mol. The molecule has 2 aromatic rings. The zero-order chi connectivity index (χ0) is 23.4. The van der Waals surface area contributed by atoms with Gasteiger partial charge in [-0.15, -0.1) is 0 Å². The van der Waals surface area contributed by atoms with Gasteiger partial charge in [-0.2, -0.15) is 0 Å². The van der Waals surface area contributed by atoms with E-state index >= 15 is 0 Å². The van der Waals surface area contributed by atoms with Crippen LogP contribution in [0.2, 0.25) is 0 Å². The van der Waals surface area contributed by atoms with Crippen molar-refractivity contribution in [3.8, 4) is 23.0 Å². The minimum atomic E-state index is -0.719. The summed E-state index contributed by atoms with van der Waals surface area (Å²) in [6.45, 7) is 0. The predicted molar refractivity (Wildman–Crippen MR) is 116 cm³/mol. The normalized spacial score (nSPS) is 21.7. The van der Waals surface area contributed by atoms with Gasteiger partial charge in [-0.05, 0) is 35.4 Å². The molecule has 0 aliphatic heterocycles. The van der Waals surface area contributed by atoms with Crippen LogP contribution in [0.25, 0.3) is 0 Å². The number of carbonyl (C=O) groups excluding carboxylic acids is 2. The van der Waals surface area contributed by atoms with Gasteiger partial charge in [0.2, 0.25) is 0 Å². The lowest BCUT2D eigenvalue weighted by Crippen LogP contribution is -2.52. The Bertz CT molecular complexity index is 906. The summed E-state index contributed by atoms with van der Waals surface area (Å²) in [4.78, 5) is 25.5.